The van der Waals surface area contributed by atoms with Gasteiger partial charge < -0.3 is 4.74 Å². The Bertz CT molecular complexity index is 559. The van der Waals surface area contributed by atoms with E-state index in [0.717, 1.165) is 23.1 Å². The summed E-state index contributed by atoms with van der Waals surface area (Å²) in [7, 11) is 3.46. The molecule has 0 amide bonds. The summed E-state index contributed by atoms with van der Waals surface area (Å²) in [5.41, 5.74) is 3.49. The second-order valence-corrected chi connectivity index (χ2v) is 3.84. The van der Waals surface area contributed by atoms with Gasteiger partial charge in [0.25, 0.3) is 0 Å². The molecule has 4 heteroatoms. The van der Waals surface area contributed by atoms with Crippen LogP contribution in [-0.2, 0) is 7.05 Å². The van der Waals surface area contributed by atoms with Crippen molar-refractivity contribution in [2.45, 2.75) is 6.92 Å². The van der Waals surface area contributed by atoms with E-state index in [1.807, 2.05) is 26.1 Å². The second-order valence-electron chi connectivity index (χ2n) is 3.84. The van der Waals surface area contributed by atoms with E-state index in [4.69, 9.17) is 4.74 Å². The lowest BCUT2D eigenvalue weighted by molar-refractivity contribution is 0.112. The van der Waals surface area contributed by atoms with Crippen molar-refractivity contribution in [1.82, 2.24) is 9.78 Å². The molecule has 0 N–H and O–H groups in total. The number of methoxy groups -OCH3 is 1. The molecule has 0 saturated heterocycles. The summed E-state index contributed by atoms with van der Waals surface area (Å²) in [6.07, 6.45) is 2.61. The monoisotopic (exact) mass is 230 g/mol. The van der Waals surface area contributed by atoms with Gasteiger partial charge in [0, 0.05) is 23.9 Å². The summed E-state index contributed by atoms with van der Waals surface area (Å²) < 4.78 is 6.89. The maximum Gasteiger partial charge on any atom is 0.150 e. The lowest BCUT2D eigenvalue weighted by Crippen LogP contribution is -1.94. The summed E-state index contributed by atoms with van der Waals surface area (Å²) in [5.74, 6) is 0.678. The molecule has 1 heterocycles. The first-order chi connectivity index (χ1) is 8.17. The normalized spacial score (nSPS) is 10.3. The van der Waals surface area contributed by atoms with E-state index in [9.17, 15) is 4.79 Å². The molecule has 4 nitrogen and oxygen atoms in total. The molecule has 88 valence electrons. The van der Waals surface area contributed by atoms with Crippen molar-refractivity contribution in [3.63, 3.8) is 0 Å². The molecular formula is C13H14N2O2. The largest absolute Gasteiger partial charge is 0.497 e. The van der Waals surface area contributed by atoms with Crippen molar-refractivity contribution in [1.29, 1.82) is 0 Å². The highest BCUT2D eigenvalue weighted by Crippen LogP contribution is 2.28. The van der Waals surface area contributed by atoms with E-state index in [1.54, 1.807) is 24.1 Å². The zero-order chi connectivity index (χ0) is 12.4. The predicted octanol–water partition coefficient (Wildman–Crippen LogP) is 2.22. The van der Waals surface area contributed by atoms with Crippen LogP contribution in [0.3, 0.4) is 0 Å². The minimum atomic E-state index is 0.612. The van der Waals surface area contributed by atoms with Crippen LogP contribution < -0.4 is 4.74 Å². The van der Waals surface area contributed by atoms with Crippen LogP contribution in [0.1, 0.15) is 16.1 Å². The second kappa shape index (κ2) is 4.41. The molecule has 0 aliphatic rings. The fourth-order valence-corrected chi connectivity index (χ4v) is 1.77. The van der Waals surface area contributed by atoms with E-state index in [0.29, 0.717) is 11.3 Å². The van der Waals surface area contributed by atoms with Crippen molar-refractivity contribution in [3.8, 4) is 16.9 Å². The van der Waals surface area contributed by atoms with Crippen LogP contribution >= 0.6 is 0 Å². The van der Waals surface area contributed by atoms with Crippen LogP contribution in [0.15, 0.2) is 24.4 Å². The smallest absolute Gasteiger partial charge is 0.150 e. The molecule has 2 aromatic rings. The van der Waals surface area contributed by atoms with Crippen LogP contribution in [0, 0.1) is 6.92 Å². The minimum Gasteiger partial charge on any atom is -0.497 e. The number of hydrogen-bond acceptors (Lipinski definition) is 3. The number of carbonyl (C=O) groups is 1. The Kier molecular flexibility index (Phi) is 2.95. The first kappa shape index (κ1) is 11.4. The van der Waals surface area contributed by atoms with Gasteiger partial charge in [-0.2, -0.15) is 5.10 Å². The average Bonchev–Trinajstić information content (AvgIpc) is 2.69. The standard InChI is InChI=1S/C13H14N2O2/c1-9-13(7-14-15(9)2)12-5-4-11(17-3)6-10(12)8-16/h4-8H,1-3H3. The molecular weight excluding hydrogens is 216 g/mol. The molecule has 1 aromatic carbocycles. The Morgan fingerprint density at radius 2 is 2.12 bits per heavy atom. The topological polar surface area (TPSA) is 44.1 Å². The lowest BCUT2D eigenvalue weighted by Gasteiger charge is -2.06. The van der Waals surface area contributed by atoms with E-state index in [1.165, 1.54) is 0 Å². The number of carbonyl (C=O) groups excluding carboxylic acids is 1. The third kappa shape index (κ3) is 1.93. The number of hydrogen-bond donors (Lipinski definition) is 0. The maximum atomic E-state index is 11.1. The Hall–Kier alpha value is -2.10. The number of aryl methyl sites for hydroxylation is 1. The number of benzene rings is 1. The zero-order valence-corrected chi connectivity index (χ0v) is 10.1. The third-order valence-corrected chi connectivity index (χ3v) is 2.91. The van der Waals surface area contributed by atoms with Crippen LogP contribution in [0.25, 0.3) is 11.1 Å². The molecule has 0 unspecified atom stereocenters. The minimum absolute atomic E-state index is 0.612. The molecule has 0 fully saturated rings. The van der Waals surface area contributed by atoms with Crippen molar-refractivity contribution in [2.24, 2.45) is 7.05 Å². The highest BCUT2D eigenvalue weighted by atomic mass is 16.5. The van der Waals surface area contributed by atoms with Crippen molar-refractivity contribution in [2.75, 3.05) is 7.11 Å². The molecule has 0 atom stereocenters. The molecule has 0 radical (unpaired) electrons. The fraction of sp³-hybridized carbons (Fsp3) is 0.231. The maximum absolute atomic E-state index is 11.1. The zero-order valence-electron chi connectivity index (χ0n) is 10.1. The Balaban J connectivity index is 2.59. The van der Waals surface area contributed by atoms with Crippen LogP contribution in [-0.4, -0.2) is 23.2 Å². The van der Waals surface area contributed by atoms with E-state index in [-0.39, 0.29) is 0 Å². The lowest BCUT2D eigenvalue weighted by atomic mass is 10.0. The van der Waals surface area contributed by atoms with Gasteiger partial charge >= 0.3 is 0 Å². The Morgan fingerprint density at radius 3 is 2.65 bits per heavy atom. The predicted molar refractivity (Wildman–Crippen MR) is 65.3 cm³/mol. The van der Waals surface area contributed by atoms with Crippen molar-refractivity contribution in [3.05, 3.63) is 35.7 Å². The first-order valence-electron chi connectivity index (χ1n) is 5.29. The van der Waals surface area contributed by atoms with Gasteiger partial charge in [-0.3, -0.25) is 9.48 Å². The van der Waals surface area contributed by atoms with Gasteiger partial charge in [0.1, 0.15) is 5.75 Å². The van der Waals surface area contributed by atoms with Crippen molar-refractivity contribution < 1.29 is 9.53 Å². The first-order valence-corrected chi connectivity index (χ1v) is 5.29. The molecule has 0 spiro atoms. The van der Waals surface area contributed by atoms with Crippen molar-refractivity contribution >= 4 is 6.29 Å². The number of rotatable bonds is 3. The van der Waals surface area contributed by atoms with Gasteiger partial charge in [0.05, 0.1) is 13.3 Å². The van der Waals surface area contributed by atoms with Gasteiger partial charge in [-0.25, -0.2) is 0 Å². The van der Waals surface area contributed by atoms with Gasteiger partial charge in [-0.05, 0) is 30.7 Å². The van der Waals surface area contributed by atoms with Crippen LogP contribution in [0.2, 0.25) is 0 Å². The number of nitrogens with zero attached hydrogens (tertiary/aromatic N) is 2. The summed E-state index contributed by atoms with van der Waals surface area (Å²) in [4.78, 5) is 11.1. The molecule has 2 rings (SSSR count). The molecule has 1 aromatic heterocycles. The summed E-state index contributed by atoms with van der Waals surface area (Å²) in [6.45, 7) is 1.97. The number of aldehydes is 1. The van der Waals surface area contributed by atoms with E-state index < -0.39 is 0 Å². The highest BCUT2D eigenvalue weighted by Gasteiger charge is 2.11. The molecule has 17 heavy (non-hydrogen) atoms. The van der Waals surface area contributed by atoms with Crippen LogP contribution in [0.5, 0.6) is 5.75 Å². The Morgan fingerprint density at radius 1 is 1.35 bits per heavy atom. The molecule has 0 aliphatic carbocycles. The fourth-order valence-electron chi connectivity index (χ4n) is 1.77. The highest BCUT2D eigenvalue weighted by molar-refractivity contribution is 5.88. The van der Waals surface area contributed by atoms with E-state index in [2.05, 4.69) is 5.10 Å². The van der Waals surface area contributed by atoms with Gasteiger partial charge in [-0.1, -0.05) is 0 Å². The average molecular weight is 230 g/mol. The summed E-state index contributed by atoms with van der Waals surface area (Å²) >= 11 is 0. The van der Waals surface area contributed by atoms with Gasteiger partial charge in [0.15, 0.2) is 6.29 Å². The van der Waals surface area contributed by atoms with Gasteiger partial charge in [0.2, 0.25) is 0 Å². The molecule has 0 bridgehead atoms. The molecule has 0 aliphatic heterocycles. The van der Waals surface area contributed by atoms with E-state index >= 15 is 0 Å². The summed E-state index contributed by atoms with van der Waals surface area (Å²) in [6, 6.07) is 5.45. The number of aromatic nitrogens is 2. The molecule has 0 saturated carbocycles. The van der Waals surface area contributed by atoms with Crippen LogP contribution in [0.4, 0.5) is 0 Å². The third-order valence-electron chi connectivity index (χ3n) is 2.91. The van der Waals surface area contributed by atoms with Gasteiger partial charge in [-0.15, -0.1) is 0 Å². The SMILES string of the molecule is COc1ccc(-c2cnn(C)c2C)c(C=O)c1. The quantitative estimate of drug-likeness (QED) is 0.759. The number of ether oxygens (including phenoxy) is 1. The Labute approximate surface area is 99.8 Å². The summed E-state index contributed by atoms with van der Waals surface area (Å²) in [5, 5.41) is 4.18.